The highest BCUT2D eigenvalue weighted by Crippen LogP contribution is 2.07. The van der Waals surface area contributed by atoms with E-state index in [1.807, 2.05) is 0 Å². The molecule has 0 saturated carbocycles. The van der Waals surface area contributed by atoms with Crippen molar-refractivity contribution in [3.05, 3.63) is 108 Å². The summed E-state index contributed by atoms with van der Waals surface area (Å²) in [5, 5.41) is 3.51. The Morgan fingerprint density at radius 2 is 0.814 bits per heavy atom. The number of hydrogen-bond acceptors (Lipinski definition) is 3. The maximum atomic E-state index is 5.74. The molecular formula is C40H61NO2. The zero-order valence-corrected chi connectivity index (χ0v) is 27.3. The van der Waals surface area contributed by atoms with Crippen LogP contribution in [0.25, 0.3) is 0 Å². The molecule has 3 nitrogen and oxygen atoms in total. The Hall–Kier alpha value is -2.46. The summed E-state index contributed by atoms with van der Waals surface area (Å²) in [6.45, 7) is 8.05. The van der Waals surface area contributed by atoms with Crippen molar-refractivity contribution in [3.8, 4) is 0 Å². The minimum Gasteiger partial charge on any atom is -0.381 e. The number of rotatable bonds is 25. The highest BCUT2D eigenvalue weighted by molar-refractivity contribution is 5.15. The molecule has 0 spiro atoms. The highest BCUT2D eigenvalue weighted by Gasteiger charge is 1.96. The summed E-state index contributed by atoms with van der Waals surface area (Å²) in [6, 6.07) is 32.0. The average molecular weight is 588 g/mol. The first kappa shape index (κ1) is 36.7. The van der Waals surface area contributed by atoms with E-state index in [0.29, 0.717) is 0 Å². The lowest BCUT2D eigenvalue weighted by atomic mass is 10.1. The maximum Gasteiger partial charge on any atom is 0.0466 e. The zero-order valence-electron chi connectivity index (χ0n) is 27.3. The molecule has 0 aliphatic heterocycles. The van der Waals surface area contributed by atoms with Gasteiger partial charge < -0.3 is 14.8 Å². The lowest BCUT2D eigenvalue weighted by Gasteiger charge is -2.06. The molecular weight excluding hydrogens is 526 g/mol. The van der Waals surface area contributed by atoms with Crippen molar-refractivity contribution in [2.24, 2.45) is 0 Å². The van der Waals surface area contributed by atoms with Gasteiger partial charge in [0.05, 0.1) is 0 Å². The van der Waals surface area contributed by atoms with Gasteiger partial charge in [0.2, 0.25) is 0 Å². The Labute approximate surface area is 264 Å². The van der Waals surface area contributed by atoms with Crippen LogP contribution in [0.3, 0.4) is 0 Å². The summed E-state index contributed by atoms with van der Waals surface area (Å²) in [6.07, 6.45) is 18.8. The molecule has 238 valence electrons. The molecule has 0 radical (unpaired) electrons. The van der Waals surface area contributed by atoms with E-state index in [4.69, 9.17) is 9.47 Å². The molecule has 1 N–H and O–H groups in total. The van der Waals surface area contributed by atoms with Crippen molar-refractivity contribution in [3.63, 3.8) is 0 Å². The number of ether oxygens (including phenoxy) is 2. The first-order valence-corrected chi connectivity index (χ1v) is 17.4. The van der Waals surface area contributed by atoms with Gasteiger partial charge in [-0.05, 0) is 81.0 Å². The van der Waals surface area contributed by atoms with E-state index in [1.165, 1.54) is 107 Å². The molecule has 0 saturated heterocycles. The lowest BCUT2D eigenvalue weighted by Crippen LogP contribution is -2.14. The minimum atomic E-state index is 0.908. The van der Waals surface area contributed by atoms with Gasteiger partial charge in [0, 0.05) is 33.0 Å². The van der Waals surface area contributed by atoms with Crippen LogP contribution < -0.4 is 5.32 Å². The molecule has 3 heteroatoms. The third kappa shape index (κ3) is 22.7. The second-order valence-corrected chi connectivity index (χ2v) is 11.6. The van der Waals surface area contributed by atoms with Crippen LogP contribution in [-0.2, 0) is 28.9 Å². The molecule has 0 unspecified atom stereocenters. The summed E-state index contributed by atoms with van der Waals surface area (Å²) < 4.78 is 11.4. The fourth-order valence-corrected chi connectivity index (χ4v) is 5.00. The van der Waals surface area contributed by atoms with Gasteiger partial charge in [-0.2, -0.15) is 0 Å². The van der Waals surface area contributed by atoms with Gasteiger partial charge in [0.15, 0.2) is 0 Å². The Bertz CT molecular complexity index is 898. The Morgan fingerprint density at radius 3 is 1.28 bits per heavy atom. The zero-order chi connectivity index (χ0) is 30.3. The topological polar surface area (TPSA) is 30.5 Å². The number of benzene rings is 3. The summed E-state index contributed by atoms with van der Waals surface area (Å²) in [7, 11) is 0. The standard InChI is InChI=1S/C23H33NO.C17H28O/c1(10-18-24-21-23-16-7-4-8-17-23)2-11-19-25-20-12-9-15-22-13-5-3-6-14-22;1-2-3-4-5-10-15-18-16-11-9-14-17-12-7-6-8-13-17/h3-8,13-14,16-17,24H,1-2,9-12,15,18-21H2;6-8,12-13H,2-5,9-11,14-16H2,1H3. The van der Waals surface area contributed by atoms with Gasteiger partial charge in [-0.3, -0.25) is 0 Å². The van der Waals surface area contributed by atoms with Crippen LogP contribution in [0.1, 0.15) is 107 Å². The highest BCUT2D eigenvalue weighted by atomic mass is 16.5. The van der Waals surface area contributed by atoms with Crippen molar-refractivity contribution >= 4 is 0 Å². The smallest absolute Gasteiger partial charge is 0.0466 e. The predicted molar refractivity (Wildman–Crippen MR) is 186 cm³/mol. The second-order valence-electron chi connectivity index (χ2n) is 11.6. The second kappa shape index (κ2) is 28.3. The summed E-state index contributed by atoms with van der Waals surface area (Å²) in [5.74, 6) is 0. The molecule has 3 rings (SSSR count). The molecule has 0 aromatic heterocycles. The van der Waals surface area contributed by atoms with Crippen LogP contribution in [0.2, 0.25) is 0 Å². The lowest BCUT2D eigenvalue weighted by molar-refractivity contribution is 0.126. The van der Waals surface area contributed by atoms with Crippen molar-refractivity contribution in [2.75, 3.05) is 33.0 Å². The van der Waals surface area contributed by atoms with Crippen molar-refractivity contribution in [1.29, 1.82) is 0 Å². The SMILES string of the molecule is CCCCCCCOCCCCc1ccccc1.c1ccc(CCCCOCCCCCCNCc2ccccc2)cc1. The Kier molecular flexibility index (Phi) is 24.2. The molecule has 0 bridgehead atoms. The first-order valence-electron chi connectivity index (χ1n) is 17.4. The van der Waals surface area contributed by atoms with Gasteiger partial charge in [0.1, 0.15) is 0 Å². The molecule has 3 aromatic rings. The number of nitrogens with one attached hydrogen (secondary N) is 1. The number of aryl methyl sites for hydroxylation is 2. The normalized spacial score (nSPS) is 10.8. The molecule has 0 atom stereocenters. The molecule has 3 aromatic carbocycles. The van der Waals surface area contributed by atoms with Gasteiger partial charge in [-0.15, -0.1) is 0 Å². The third-order valence-corrected chi connectivity index (χ3v) is 7.65. The van der Waals surface area contributed by atoms with Crippen LogP contribution >= 0.6 is 0 Å². The fraction of sp³-hybridized carbons (Fsp3) is 0.550. The Balaban J connectivity index is 0.000000317. The van der Waals surface area contributed by atoms with E-state index >= 15 is 0 Å². The molecule has 0 heterocycles. The molecule has 0 fully saturated rings. The first-order chi connectivity index (χ1) is 21.4. The van der Waals surface area contributed by atoms with E-state index in [0.717, 1.165) is 45.9 Å². The fourth-order valence-electron chi connectivity index (χ4n) is 5.00. The van der Waals surface area contributed by atoms with Crippen molar-refractivity contribution in [1.82, 2.24) is 5.32 Å². The van der Waals surface area contributed by atoms with Crippen LogP contribution in [0.15, 0.2) is 91.0 Å². The van der Waals surface area contributed by atoms with Crippen LogP contribution in [0, 0.1) is 0 Å². The number of unbranched alkanes of at least 4 members (excludes halogenated alkanes) is 9. The van der Waals surface area contributed by atoms with E-state index in [-0.39, 0.29) is 0 Å². The summed E-state index contributed by atoms with van der Waals surface area (Å²) in [5.41, 5.74) is 4.24. The van der Waals surface area contributed by atoms with E-state index in [2.05, 4.69) is 103 Å². The van der Waals surface area contributed by atoms with Gasteiger partial charge in [-0.25, -0.2) is 0 Å². The van der Waals surface area contributed by atoms with Crippen molar-refractivity contribution < 1.29 is 9.47 Å². The summed E-state index contributed by atoms with van der Waals surface area (Å²) in [4.78, 5) is 0. The minimum absolute atomic E-state index is 0.908. The van der Waals surface area contributed by atoms with Gasteiger partial charge in [-0.1, -0.05) is 136 Å². The average Bonchev–Trinajstić information content (AvgIpc) is 3.06. The maximum absolute atomic E-state index is 5.74. The van der Waals surface area contributed by atoms with Crippen molar-refractivity contribution in [2.45, 2.75) is 110 Å². The predicted octanol–water partition coefficient (Wildman–Crippen LogP) is 10.4. The van der Waals surface area contributed by atoms with E-state index in [1.54, 1.807) is 0 Å². The van der Waals surface area contributed by atoms with Crippen LogP contribution in [0.4, 0.5) is 0 Å². The van der Waals surface area contributed by atoms with Gasteiger partial charge in [0.25, 0.3) is 0 Å². The van der Waals surface area contributed by atoms with Crippen LogP contribution in [-0.4, -0.2) is 33.0 Å². The quantitative estimate of drug-likeness (QED) is 0.100. The monoisotopic (exact) mass is 587 g/mol. The van der Waals surface area contributed by atoms with E-state index < -0.39 is 0 Å². The van der Waals surface area contributed by atoms with Gasteiger partial charge >= 0.3 is 0 Å². The molecule has 0 aliphatic carbocycles. The molecule has 0 aliphatic rings. The molecule has 43 heavy (non-hydrogen) atoms. The van der Waals surface area contributed by atoms with Crippen LogP contribution in [0.5, 0.6) is 0 Å². The largest absolute Gasteiger partial charge is 0.381 e. The Morgan fingerprint density at radius 1 is 0.419 bits per heavy atom. The molecule has 0 amide bonds. The number of hydrogen-bond donors (Lipinski definition) is 1. The summed E-state index contributed by atoms with van der Waals surface area (Å²) >= 11 is 0. The third-order valence-electron chi connectivity index (χ3n) is 7.65. The van der Waals surface area contributed by atoms with E-state index in [9.17, 15) is 0 Å².